The lowest BCUT2D eigenvalue weighted by atomic mass is 9.70. The van der Waals surface area contributed by atoms with Gasteiger partial charge in [-0.2, -0.15) is 0 Å². The van der Waals surface area contributed by atoms with Crippen LogP contribution in [-0.2, 0) is 11.2 Å². The first kappa shape index (κ1) is 21.3. The number of aryl methyl sites for hydroxylation is 1. The molecule has 6 rings (SSSR count). The zero-order chi connectivity index (χ0) is 22.3. The first-order valence-electron chi connectivity index (χ1n) is 11.8. The smallest absolute Gasteiger partial charge is 0.407 e. The summed E-state index contributed by atoms with van der Waals surface area (Å²) >= 11 is 0. The Balaban J connectivity index is 1.35. The van der Waals surface area contributed by atoms with Gasteiger partial charge in [0.1, 0.15) is 6.10 Å². The van der Waals surface area contributed by atoms with Gasteiger partial charge in [0.15, 0.2) is 0 Å². The molecule has 4 aliphatic rings. The minimum absolute atomic E-state index is 0.0210. The zero-order valence-electron chi connectivity index (χ0n) is 19.3. The molecule has 0 saturated carbocycles. The quantitative estimate of drug-likeness (QED) is 0.761. The summed E-state index contributed by atoms with van der Waals surface area (Å²) in [6, 6.07) is 10.4. The molecule has 1 amide bonds. The monoisotopic (exact) mass is 435 g/mol. The second-order valence-corrected chi connectivity index (χ2v) is 10.1. The minimum atomic E-state index is -0.280. The minimum Gasteiger partial charge on any atom is -0.481 e. The van der Waals surface area contributed by atoms with E-state index in [0.717, 1.165) is 56.4 Å². The number of rotatable bonds is 4. The third kappa shape index (κ3) is 4.08. The Bertz CT molecular complexity index is 998. The van der Waals surface area contributed by atoms with E-state index in [4.69, 9.17) is 9.47 Å². The number of carbonyl (C=O) groups excluding carboxylic acids is 1. The number of methoxy groups -OCH3 is 1. The van der Waals surface area contributed by atoms with Crippen LogP contribution in [0.3, 0.4) is 0 Å². The van der Waals surface area contributed by atoms with Crippen LogP contribution in [0.1, 0.15) is 50.3 Å². The van der Waals surface area contributed by atoms with Crippen LogP contribution in [0.5, 0.6) is 5.88 Å². The summed E-state index contributed by atoms with van der Waals surface area (Å²) in [6.45, 7) is 7.62. The average Bonchev–Trinajstić information content (AvgIpc) is 2.81. The normalized spacial score (nSPS) is 28.0. The average molecular weight is 436 g/mol. The molecule has 4 heterocycles. The van der Waals surface area contributed by atoms with E-state index in [1.807, 2.05) is 12.1 Å². The topological polar surface area (TPSA) is 63.7 Å². The molecule has 0 radical (unpaired) electrons. The van der Waals surface area contributed by atoms with Gasteiger partial charge >= 0.3 is 6.09 Å². The van der Waals surface area contributed by atoms with Crippen molar-refractivity contribution in [1.29, 1.82) is 0 Å². The van der Waals surface area contributed by atoms with Crippen molar-refractivity contribution >= 4 is 6.09 Å². The van der Waals surface area contributed by atoms with E-state index in [9.17, 15) is 4.79 Å². The third-order valence-electron chi connectivity index (χ3n) is 7.67. The number of fused-ring (bicyclic) bond motifs is 4. The Hall–Kier alpha value is -2.60. The fourth-order valence-corrected chi connectivity index (χ4v) is 5.61. The van der Waals surface area contributed by atoms with Crippen LogP contribution >= 0.6 is 0 Å². The van der Waals surface area contributed by atoms with Crippen molar-refractivity contribution in [1.82, 2.24) is 15.2 Å². The number of pyridine rings is 1. The number of carbonyl (C=O) groups is 1. The Morgan fingerprint density at radius 2 is 1.94 bits per heavy atom. The SMILES string of the molecule is COc1cc(-c2ccc3c(c2)CCC(C)(C)C3NC(=O)O[C@H]2CN3CCC2CC3)ccn1. The number of benzene rings is 1. The van der Waals surface area contributed by atoms with E-state index in [1.165, 1.54) is 11.1 Å². The Kier molecular flexibility index (Phi) is 5.58. The number of nitrogens with one attached hydrogen (secondary N) is 1. The summed E-state index contributed by atoms with van der Waals surface area (Å²) in [7, 11) is 1.63. The summed E-state index contributed by atoms with van der Waals surface area (Å²) < 4.78 is 11.2. The fourth-order valence-electron chi connectivity index (χ4n) is 5.61. The van der Waals surface area contributed by atoms with E-state index in [2.05, 4.69) is 47.2 Å². The number of ether oxygens (including phenoxy) is 2. The molecule has 3 saturated heterocycles. The van der Waals surface area contributed by atoms with Crippen molar-refractivity contribution in [2.24, 2.45) is 11.3 Å². The first-order chi connectivity index (χ1) is 15.4. The maximum atomic E-state index is 12.9. The van der Waals surface area contributed by atoms with Crippen molar-refractivity contribution in [3.05, 3.63) is 47.7 Å². The second kappa shape index (κ2) is 8.39. The largest absolute Gasteiger partial charge is 0.481 e. The summed E-state index contributed by atoms with van der Waals surface area (Å²) in [4.78, 5) is 19.6. The molecular weight excluding hydrogens is 402 g/mol. The molecule has 0 spiro atoms. The van der Waals surface area contributed by atoms with Gasteiger partial charge in [-0.15, -0.1) is 0 Å². The fraction of sp³-hybridized carbons (Fsp3) is 0.538. The number of alkyl carbamates (subject to hydrolysis) is 1. The standard InChI is InChI=1S/C26H33N3O3/c1-26(2)10-6-20-14-18(19-7-11-27-23(15-19)31-3)4-5-21(20)24(26)28-25(30)32-22-16-29-12-8-17(22)9-13-29/h4-5,7,11,14-15,17,22,24H,6,8-10,12-13,16H2,1-3H3,(H,28,30)/t22-,24?/m0/s1. The predicted molar refractivity (Wildman–Crippen MR) is 124 cm³/mol. The maximum Gasteiger partial charge on any atom is 0.407 e. The van der Waals surface area contributed by atoms with Crippen molar-refractivity contribution < 1.29 is 14.3 Å². The second-order valence-electron chi connectivity index (χ2n) is 10.1. The molecule has 2 aromatic rings. The molecule has 170 valence electrons. The number of hydrogen-bond acceptors (Lipinski definition) is 5. The van der Waals surface area contributed by atoms with Gasteiger partial charge in [-0.25, -0.2) is 9.78 Å². The Labute approximate surface area is 190 Å². The highest BCUT2D eigenvalue weighted by atomic mass is 16.6. The molecule has 6 heteroatoms. The van der Waals surface area contributed by atoms with Gasteiger partial charge in [0.05, 0.1) is 13.2 Å². The van der Waals surface area contributed by atoms with Crippen LogP contribution in [0.25, 0.3) is 11.1 Å². The van der Waals surface area contributed by atoms with Gasteiger partial charge in [-0.05, 0) is 78.4 Å². The lowest BCUT2D eigenvalue weighted by Crippen LogP contribution is -2.53. The zero-order valence-corrected chi connectivity index (χ0v) is 19.3. The molecule has 1 aromatic carbocycles. The number of hydrogen-bond donors (Lipinski definition) is 1. The van der Waals surface area contributed by atoms with Gasteiger partial charge in [-0.3, -0.25) is 4.90 Å². The summed E-state index contributed by atoms with van der Waals surface area (Å²) in [5, 5.41) is 3.24. The van der Waals surface area contributed by atoms with Crippen LogP contribution in [-0.4, -0.2) is 48.8 Å². The van der Waals surface area contributed by atoms with E-state index in [0.29, 0.717) is 11.8 Å². The molecule has 3 aliphatic heterocycles. The van der Waals surface area contributed by atoms with Gasteiger partial charge in [0.25, 0.3) is 0 Å². The third-order valence-corrected chi connectivity index (χ3v) is 7.67. The van der Waals surface area contributed by atoms with Crippen LogP contribution in [0, 0.1) is 11.3 Å². The predicted octanol–water partition coefficient (Wildman–Crippen LogP) is 4.59. The summed E-state index contributed by atoms with van der Waals surface area (Å²) in [5.41, 5.74) is 4.65. The van der Waals surface area contributed by atoms with Crippen LogP contribution in [0.2, 0.25) is 0 Å². The van der Waals surface area contributed by atoms with Crippen LogP contribution in [0.4, 0.5) is 4.79 Å². The molecule has 3 fully saturated rings. The molecule has 2 bridgehead atoms. The van der Waals surface area contributed by atoms with Crippen molar-refractivity contribution in [2.45, 2.75) is 51.7 Å². The number of amides is 1. The Morgan fingerprint density at radius 3 is 2.66 bits per heavy atom. The first-order valence-corrected chi connectivity index (χ1v) is 11.8. The molecule has 1 unspecified atom stereocenters. The van der Waals surface area contributed by atoms with E-state index in [1.54, 1.807) is 13.3 Å². The molecule has 1 aromatic heterocycles. The molecule has 6 nitrogen and oxygen atoms in total. The maximum absolute atomic E-state index is 12.9. The highest BCUT2D eigenvalue weighted by molar-refractivity contribution is 5.70. The molecule has 1 N–H and O–H groups in total. The van der Waals surface area contributed by atoms with Crippen molar-refractivity contribution in [2.75, 3.05) is 26.7 Å². The van der Waals surface area contributed by atoms with Gasteiger partial charge in [0.2, 0.25) is 5.88 Å². The van der Waals surface area contributed by atoms with E-state index >= 15 is 0 Å². The summed E-state index contributed by atoms with van der Waals surface area (Å²) in [5.74, 6) is 1.12. The number of aromatic nitrogens is 1. The molecule has 2 atom stereocenters. The van der Waals surface area contributed by atoms with Crippen LogP contribution < -0.4 is 10.1 Å². The van der Waals surface area contributed by atoms with Crippen LogP contribution in [0.15, 0.2) is 36.5 Å². The highest BCUT2D eigenvalue weighted by Gasteiger charge is 2.40. The lowest BCUT2D eigenvalue weighted by Gasteiger charge is -2.44. The lowest BCUT2D eigenvalue weighted by molar-refractivity contribution is -0.0353. The molecule has 32 heavy (non-hydrogen) atoms. The van der Waals surface area contributed by atoms with Crippen molar-refractivity contribution in [3.8, 4) is 17.0 Å². The summed E-state index contributed by atoms with van der Waals surface area (Å²) in [6.07, 6.45) is 5.78. The van der Waals surface area contributed by atoms with E-state index < -0.39 is 0 Å². The highest BCUT2D eigenvalue weighted by Crippen LogP contribution is 2.44. The van der Waals surface area contributed by atoms with E-state index in [-0.39, 0.29) is 23.7 Å². The van der Waals surface area contributed by atoms with Gasteiger partial charge in [-0.1, -0.05) is 32.0 Å². The molecular formula is C26H33N3O3. The number of nitrogens with zero attached hydrogens (tertiary/aromatic N) is 2. The molecule has 1 aliphatic carbocycles. The van der Waals surface area contributed by atoms with Gasteiger partial charge in [0, 0.05) is 18.8 Å². The Morgan fingerprint density at radius 1 is 1.16 bits per heavy atom. The number of piperidine rings is 3. The van der Waals surface area contributed by atoms with Crippen molar-refractivity contribution in [3.63, 3.8) is 0 Å². The van der Waals surface area contributed by atoms with Gasteiger partial charge < -0.3 is 14.8 Å².